The molecule has 0 aliphatic carbocycles. The Morgan fingerprint density at radius 3 is 1.94 bits per heavy atom. The summed E-state index contributed by atoms with van der Waals surface area (Å²) in [5.41, 5.74) is 4.09. The van der Waals surface area contributed by atoms with Gasteiger partial charge in [-0.25, -0.2) is 19.3 Å². The number of unbranched alkanes of at least 4 members (excludes halogenated alkanes) is 11. The summed E-state index contributed by atoms with van der Waals surface area (Å²) in [7, 11) is -17.6. The number of amides is 2. The lowest BCUT2D eigenvalue weighted by Gasteiger charge is -2.36. The molecular weight excluding hydrogens is 1110 g/mol. The van der Waals surface area contributed by atoms with Crippen LogP contribution in [0.3, 0.4) is 0 Å². The molecular formula is C51H80N7O17P3S-4. The van der Waals surface area contributed by atoms with Crippen LogP contribution < -0.4 is 35.9 Å². The number of nitrogens with zero attached hydrogens (tertiary/aromatic N) is 4. The molecule has 28 heteroatoms. The summed E-state index contributed by atoms with van der Waals surface area (Å²) in [5.74, 6) is -1.15. The number of aromatic nitrogens is 4. The zero-order chi connectivity index (χ0) is 58.2. The summed E-state index contributed by atoms with van der Waals surface area (Å²) in [6.45, 7) is 2.38. The number of aliphatic hydroxyl groups is 2. The highest BCUT2D eigenvalue weighted by Gasteiger charge is 2.47. The third-order valence-electron chi connectivity index (χ3n) is 12.1. The predicted octanol–water partition coefficient (Wildman–Crippen LogP) is 5.96. The molecule has 2 amide bonds. The molecule has 1 aliphatic rings. The molecule has 6 N–H and O–H groups in total. The molecule has 1 aliphatic heterocycles. The predicted molar refractivity (Wildman–Crippen MR) is 293 cm³/mol. The van der Waals surface area contributed by atoms with Gasteiger partial charge in [0.25, 0.3) is 15.6 Å². The van der Waals surface area contributed by atoms with Gasteiger partial charge in [-0.05, 0) is 57.8 Å². The van der Waals surface area contributed by atoms with E-state index in [-0.39, 0.29) is 41.6 Å². The highest BCUT2D eigenvalue weighted by Crippen LogP contribution is 2.56. The number of imidazole rings is 1. The monoisotopic (exact) mass is 1190 g/mol. The van der Waals surface area contributed by atoms with E-state index >= 15 is 0 Å². The van der Waals surface area contributed by atoms with E-state index in [4.69, 9.17) is 10.5 Å². The maximum atomic E-state index is 12.7. The number of hydrogen-bond donors (Lipinski definition) is 5. The lowest BCUT2D eigenvalue weighted by Crippen LogP contribution is -2.46. The van der Waals surface area contributed by atoms with Crippen molar-refractivity contribution in [2.75, 3.05) is 37.8 Å². The van der Waals surface area contributed by atoms with E-state index in [2.05, 4.69) is 111 Å². The normalized spacial score (nSPS) is 19.4. The maximum Gasteiger partial charge on any atom is 0.274 e. The van der Waals surface area contributed by atoms with E-state index in [1.807, 2.05) is 0 Å². The van der Waals surface area contributed by atoms with E-state index in [1.54, 1.807) is 0 Å². The van der Waals surface area contributed by atoms with Crippen LogP contribution in [-0.2, 0) is 50.7 Å². The van der Waals surface area contributed by atoms with Crippen molar-refractivity contribution in [3.8, 4) is 0 Å². The number of carbonyl (C=O) groups is 3. The molecule has 0 saturated carbocycles. The van der Waals surface area contributed by atoms with Gasteiger partial charge in [-0.3, -0.25) is 28.1 Å². The van der Waals surface area contributed by atoms with Crippen LogP contribution in [0.2, 0.25) is 0 Å². The second kappa shape index (κ2) is 37.4. The lowest BCUT2D eigenvalue weighted by atomic mass is 9.87. The molecule has 3 rings (SSSR count). The van der Waals surface area contributed by atoms with Crippen LogP contribution in [0.5, 0.6) is 0 Å². The number of nitrogens with two attached hydrogens (primary N) is 1. The van der Waals surface area contributed by atoms with Crippen molar-refractivity contribution >= 4 is 69.1 Å². The van der Waals surface area contributed by atoms with Gasteiger partial charge in [0.1, 0.15) is 36.3 Å². The standard InChI is InChI=1S/C51H84N7O17P3S/c1-4-5-6-7-8-9-10-11-12-13-14-15-16-17-18-19-20-21-22-23-24-25-26-27-28-29-30-31-42(60)79-35-34-53-41(59)32-33-54-49(63)46(62)51(2,3)37-72-78(69,70)75-77(67,68)71-36-40-45(74-76(64,65)66)44(61)50(73-40)58-39-57-43-47(52)55-38-56-48(43)58/h8-9,11-12,14-15,17-18,20-21,38-40,44-46,50,61-62H,4-7,10,13,16,19,22-37H2,1-3H3,(H,53,59)(H,54,63)(H,67,68)(H,69,70)(H2,52,55,56)(H2,64,65,66)/p-4/b9-8-,12-11-,15-14-,18-17-,21-20-/t40-,44-,45-,46+,50-/m1/s1. The smallest absolute Gasteiger partial charge is 0.274 e. The van der Waals surface area contributed by atoms with E-state index in [0.717, 1.165) is 86.8 Å². The summed E-state index contributed by atoms with van der Waals surface area (Å²) in [6.07, 6.45) is 34.1. The first kappa shape index (κ1) is 69.5. The molecule has 0 aromatic carbocycles. The number of aliphatic hydroxyl groups excluding tert-OH is 2. The molecule has 2 unspecified atom stereocenters. The molecule has 446 valence electrons. The van der Waals surface area contributed by atoms with Crippen LogP contribution in [0.25, 0.3) is 11.2 Å². The highest BCUT2D eigenvalue weighted by molar-refractivity contribution is 8.13. The molecule has 0 radical (unpaired) electrons. The van der Waals surface area contributed by atoms with E-state index in [9.17, 15) is 57.9 Å². The Morgan fingerprint density at radius 1 is 0.785 bits per heavy atom. The van der Waals surface area contributed by atoms with Gasteiger partial charge in [0.15, 0.2) is 22.8 Å². The van der Waals surface area contributed by atoms with E-state index < -0.39 is 84.6 Å². The third kappa shape index (κ3) is 29.2. The Hall–Kier alpha value is -3.74. The molecule has 24 nitrogen and oxygen atoms in total. The SMILES string of the molecule is CCCCC/C=C\C/C=C\C/C=C\C/C=C\C/C=C\CCCCCCCCCCC(=O)SCCNC(=O)CCNC(=O)[C@H](O)C(C)(C)COP(=O)([O-])OP(=O)([O-])OC[C@H]1O[C@@H](n2cnc3c(N)ncnc32)[C@H](O)[C@@H]1OP(=O)([O-])[O-]. The average molecular weight is 1190 g/mol. The Bertz CT molecular complexity index is 2450. The first-order valence-corrected chi connectivity index (χ1v) is 32.1. The molecule has 1 saturated heterocycles. The minimum Gasteiger partial charge on any atom is -0.790 e. The molecule has 79 heavy (non-hydrogen) atoms. The van der Waals surface area contributed by atoms with E-state index in [1.165, 1.54) is 65.2 Å². The number of phosphoric ester groups is 3. The van der Waals surface area contributed by atoms with Gasteiger partial charge in [0.05, 0.1) is 27.4 Å². The van der Waals surface area contributed by atoms with Crippen molar-refractivity contribution in [1.29, 1.82) is 0 Å². The number of rotatable bonds is 42. The van der Waals surface area contributed by atoms with Crippen LogP contribution in [0.1, 0.15) is 149 Å². The van der Waals surface area contributed by atoms with Crippen molar-refractivity contribution in [3.05, 3.63) is 73.4 Å². The molecule has 7 atom stereocenters. The number of anilines is 1. The van der Waals surface area contributed by atoms with Crippen LogP contribution in [-0.4, -0.2) is 103 Å². The molecule has 2 aromatic rings. The number of ether oxygens (including phenoxy) is 1. The number of carbonyl (C=O) groups excluding carboxylic acids is 3. The summed E-state index contributed by atoms with van der Waals surface area (Å²) < 4.78 is 61.0. The minimum absolute atomic E-state index is 0.0198. The van der Waals surface area contributed by atoms with Gasteiger partial charge in [0.2, 0.25) is 11.8 Å². The fourth-order valence-corrected chi connectivity index (χ4v) is 11.2. The summed E-state index contributed by atoms with van der Waals surface area (Å²) in [4.78, 5) is 97.2. The maximum absolute atomic E-state index is 12.7. The fraction of sp³-hybridized carbons (Fsp3) is 0.647. The highest BCUT2D eigenvalue weighted by atomic mass is 32.2. The zero-order valence-corrected chi connectivity index (χ0v) is 48.9. The molecule has 1 fully saturated rings. The molecule has 2 aromatic heterocycles. The number of thioether (sulfide) groups is 1. The van der Waals surface area contributed by atoms with Crippen molar-refractivity contribution < 1.29 is 80.5 Å². The quantitative estimate of drug-likeness (QED) is 0.0291. The zero-order valence-electron chi connectivity index (χ0n) is 45.4. The number of nitrogen functional groups attached to an aromatic ring is 1. The van der Waals surface area contributed by atoms with Crippen molar-refractivity contribution in [1.82, 2.24) is 30.2 Å². The fourth-order valence-electron chi connectivity index (χ4n) is 7.77. The second-order valence-corrected chi connectivity index (χ2v) is 24.6. The Kier molecular flexibility index (Phi) is 32.9. The van der Waals surface area contributed by atoms with Crippen molar-refractivity contribution in [2.24, 2.45) is 5.41 Å². The summed E-state index contributed by atoms with van der Waals surface area (Å²) in [5, 5.41) is 26.5. The van der Waals surface area contributed by atoms with Crippen LogP contribution >= 0.6 is 35.2 Å². The van der Waals surface area contributed by atoms with Gasteiger partial charge >= 0.3 is 0 Å². The van der Waals surface area contributed by atoms with Gasteiger partial charge in [-0.2, -0.15) is 0 Å². The van der Waals surface area contributed by atoms with Crippen LogP contribution in [0.4, 0.5) is 5.82 Å². The first-order chi connectivity index (χ1) is 37.6. The largest absolute Gasteiger partial charge is 0.790 e. The van der Waals surface area contributed by atoms with Crippen molar-refractivity contribution in [2.45, 2.75) is 173 Å². The Labute approximate surface area is 468 Å². The van der Waals surface area contributed by atoms with Gasteiger partial charge in [-0.1, -0.05) is 145 Å². The Balaban J connectivity index is 1.19. The molecule has 0 bridgehead atoms. The van der Waals surface area contributed by atoms with Gasteiger partial charge in [-0.15, -0.1) is 0 Å². The Morgan fingerprint density at radius 2 is 1.34 bits per heavy atom. The molecule has 3 heterocycles. The van der Waals surface area contributed by atoms with E-state index in [0.29, 0.717) is 12.2 Å². The van der Waals surface area contributed by atoms with Gasteiger partial charge < -0.3 is 69.0 Å². The van der Waals surface area contributed by atoms with Gasteiger partial charge in [0, 0.05) is 37.1 Å². The summed E-state index contributed by atoms with van der Waals surface area (Å²) in [6, 6.07) is 0. The number of hydrogen-bond acceptors (Lipinski definition) is 22. The van der Waals surface area contributed by atoms with Crippen molar-refractivity contribution in [3.63, 3.8) is 0 Å². The second-order valence-electron chi connectivity index (χ2n) is 19.4. The van der Waals surface area contributed by atoms with Crippen LogP contribution in [0, 0.1) is 5.41 Å². The molecule has 0 spiro atoms. The number of phosphoric acid groups is 3. The number of allylic oxidation sites excluding steroid dienone is 10. The first-order valence-electron chi connectivity index (χ1n) is 26.8. The van der Waals surface area contributed by atoms with Crippen LogP contribution in [0.15, 0.2) is 73.4 Å². The summed E-state index contributed by atoms with van der Waals surface area (Å²) >= 11 is 1.14. The average Bonchev–Trinajstić information content (AvgIpc) is 4.12. The topological polar surface area (TPSA) is 375 Å². The third-order valence-corrected chi connectivity index (χ3v) is 16.1. The minimum atomic E-state index is -5.93. The number of fused-ring (bicyclic) bond motifs is 1. The number of nitrogens with one attached hydrogen (secondary N) is 2. The lowest BCUT2D eigenvalue weighted by molar-refractivity contribution is -0.347.